The van der Waals surface area contributed by atoms with Crippen molar-refractivity contribution in [2.45, 2.75) is 412 Å². The minimum absolute atomic E-state index is 0.102. The van der Waals surface area contributed by atoms with Crippen LogP contribution in [-0.2, 0) is 65.4 Å². The summed E-state index contributed by atoms with van der Waals surface area (Å²) in [5.74, 6) is -1.46. The van der Waals surface area contributed by atoms with E-state index in [0.717, 1.165) is 96.3 Å². The molecule has 0 fully saturated rings. The first-order valence-electron chi connectivity index (χ1n) is 39.1. The van der Waals surface area contributed by atoms with E-state index in [1.54, 1.807) is 0 Å². The number of rotatable bonds is 75. The fourth-order valence-corrected chi connectivity index (χ4v) is 13.1. The predicted octanol–water partition coefficient (Wildman–Crippen LogP) is 22.1. The Hall–Kier alpha value is -1.94. The highest BCUT2D eigenvalue weighted by Crippen LogP contribution is 2.45. The van der Waals surface area contributed by atoms with Crippen molar-refractivity contribution in [2.24, 2.45) is 5.92 Å². The first-order valence-corrected chi connectivity index (χ1v) is 42.1. The van der Waals surface area contributed by atoms with E-state index in [1.165, 1.54) is 212 Å². The van der Waals surface area contributed by atoms with Crippen LogP contribution in [0.25, 0.3) is 0 Å². The predicted molar refractivity (Wildman–Crippen MR) is 382 cm³/mol. The molecule has 0 aromatic rings. The smallest absolute Gasteiger partial charge is 0.462 e. The number of carbonyl (C=O) groups is 4. The Bertz CT molecular complexity index is 1810. The second-order valence-corrected chi connectivity index (χ2v) is 30.4. The zero-order chi connectivity index (χ0) is 69.1. The normalized spacial score (nSPS) is 14.0. The number of phosphoric ester groups is 2. The molecule has 19 heteroatoms. The van der Waals surface area contributed by atoms with Gasteiger partial charge in [0.15, 0.2) is 12.2 Å². The van der Waals surface area contributed by atoms with E-state index in [4.69, 9.17) is 37.0 Å². The summed E-state index contributed by atoms with van der Waals surface area (Å²) >= 11 is 0. The average Bonchev–Trinajstić information content (AvgIpc) is 1.93. The van der Waals surface area contributed by atoms with Crippen LogP contribution in [0, 0.1) is 5.92 Å². The zero-order valence-electron chi connectivity index (χ0n) is 61.1. The Morgan fingerprint density at radius 1 is 0.287 bits per heavy atom. The summed E-state index contributed by atoms with van der Waals surface area (Å²) in [7, 11) is -9.89. The molecule has 558 valence electrons. The number of esters is 4. The molecule has 0 saturated heterocycles. The van der Waals surface area contributed by atoms with E-state index in [0.29, 0.717) is 31.6 Å². The van der Waals surface area contributed by atoms with Crippen molar-refractivity contribution in [3.05, 3.63) is 0 Å². The van der Waals surface area contributed by atoms with Gasteiger partial charge in [0.1, 0.15) is 19.3 Å². The lowest BCUT2D eigenvalue weighted by molar-refractivity contribution is -0.161. The quantitative estimate of drug-likeness (QED) is 0.0222. The molecule has 0 aliphatic rings. The molecule has 0 aliphatic carbocycles. The van der Waals surface area contributed by atoms with Crippen LogP contribution < -0.4 is 0 Å². The maximum atomic E-state index is 13.1. The van der Waals surface area contributed by atoms with E-state index >= 15 is 0 Å². The fraction of sp³-hybridized carbons (Fsp3) is 0.947. The molecule has 3 N–H and O–H groups in total. The lowest BCUT2D eigenvalue weighted by atomic mass is 10.0. The van der Waals surface area contributed by atoms with Gasteiger partial charge in [-0.05, 0) is 31.6 Å². The summed E-state index contributed by atoms with van der Waals surface area (Å²) < 4.78 is 68.2. The Morgan fingerprint density at radius 2 is 0.489 bits per heavy atom. The topological polar surface area (TPSA) is 237 Å². The first kappa shape index (κ1) is 92.1. The monoisotopic (exact) mass is 1380 g/mol. The van der Waals surface area contributed by atoms with E-state index in [-0.39, 0.29) is 25.7 Å². The van der Waals surface area contributed by atoms with Crippen molar-refractivity contribution < 1.29 is 80.2 Å². The molecule has 17 nitrogen and oxygen atoms in total. The number of aliphatic hydroxyl groups is 1. The Morgan fingerprint density at radius 3 is 0.723 bits per heavy atom. The third kappa shape index (κ3) is 68.6. The summed E-state index contributed by atoms with van der Waals surface area (Å²) in [5.41, 5.74) is 0. The molecule has 0 heterocycles. The molecule has 0 aromatic heterocycles. The summed E-state index contributed by atoms with van der Waals surface area (Å²) in [4.78, 5) is 72.4. The van der Waals surface area contributed by atoms with Crippen LogP contribution in [0.4, 0.5) is 0 Å². The number of unbranched alkanes of at least 4 members (excludes halogenated alkanes) is 47. The number of phosphoric acid groups is 2. The fourth-order valence-electron chi connectivity index (χ4n) is 11.5. The van der Waals surface area contributed by atoms with Gasteiger partial charge >= 0.3 is 39.5 Å². The number of carbonyl (C=O) groups excluding carboxylic acids is 4. The molecule has 5 atom stereocenters. The van der Waals surface area contributed by atoms with Gasteiger partial charge in [-0.3, -0.25) is 37.3 Å². The van der Waals surface area contributed by atoms with Gasteiger partial charge < -0.3 is 33.8 Å². The van der Waals surface area contributed by atoms with Gasteiger partial charge in [0.2, 0.25) is 0 Å². The molecule has 2 unspecified atom stereocenters. The van der Waals surface area contributed by atoms with Gasteiger partial charge in [0.25, 0.3) is 0 Å². The van der Waals surface area contributed by atoms with Gasteiger partial charge in [-0.25, -0.2) is 9.13 Å². The maximum Gasteiger partial charge on any atom is 0.472 e. The van der Waals surface area contributed by atoms with Gasteiger partial charge in [0, 0.05) is 25.7 Å². The second-order valence-electron chi connectivity index (χ2n) is 27.5. The number of hydrogen-bond donors (Lipinski definition) is 3. The van der Waals surface area contributed by atoms with E-state index in [1.807, 2.05) is 0 Å². The van der Waals surface area contributed by atoms with Crippen molar-refractivity contribution in [3.63, 3.8) is 0 Å². The first-order chi connectivity index (χ1) is 45.5. The van der Waals surface area contributed by atoms with Gasteiger partial charge in [-0.2, -0.15) is 0 Å². The Kier molecular flexibility index (Phi) is 66.8. The van der Waals surface area contributed by atoms with E-state index in [2.05, 4.69) is 34.6 Å². The molecule has 0 radical (unpaired) electrons. The highest BCUT2D eigenvalue weighted by molar-refractivity contribution is 7.47. The number of hydrogen-bond acceptors (Lipinski definition) is 15. The van der Waals surface area contributed by atoms with Crippen LogP contribution in [0.15, 0.2) is 0 Å². The molecule has 0 aliphatic heterocycles. The highest BCUT2D eigenvalue weighted by atomic mass is 31.2. The number of ether oxygens (including phenoxy) is 4. The molecule has 0 spiro atoms. The van der Waals surface area contributed by atoms with E-state index in [9.17, 15) is 43.2 Å². The molecule has 0 rings (SSSR count). The standard InChI is InChI=1S/C75H146O17P2/c1-6-9-12-15-17-19-21-23-25-27-29-31-33-35-37-39-41-43-49-54-59-73(78)86-65-71(91-74(79)60-55-50-44-42-40-38-36-34-32-30-28-26-24-22-20-18-16-13-10-7-2)67-90-94(83,84)88-63-69(76)62-87-93(81,82)89-66-70(64-85-72(77)58-53-47-14-11-8-3)92-75(80)61-56-51-46-45-48-52-57-68(4)5/h68-71,76H,6-67H2,1-5H3,(H,81,82)(H,83,84)/t69-,70+,71+/m0/s1. The van der Waals surface area contributed by atoms with Crippen LogP contribution in [0.2, 0.25) is 0 Å². The molecule has 0 saturated carbocycles. The largest absolute Gasteiger partial charge is 0.472 e. The van der Waals surface area contributed by atoms with E-state index < -0.39 is 97.5 Å². The van der Waals surface area contributed by atoms with Crippen LogP contribution in [0.3, 0.4) is 0 Å². The molecule has 94 heavy (non-hydrogen) atoms. The Labute approximate surface area is 575 Å². The summed E-state index contributed by atoms with van der Waals surface area (Å²) in [6.45, 7) is 7.09. The third-order valence-corrected chi connectivity index (χ3v) is 19.4. The lowest BCUT2D eigenvalue weighted by Gasteiger charge is -2.21. The average molecular weight is 1380 g/mol. The van der Waals surface area contributed by atoms with Crippen molar-refractivity contribution in [1.29, 1.82) is 0 Å². The van der Waals surface area contributed by atoms with Gasteiger partial charge in [0.05, 0.1) is 26.4 Å². The third-order valence-electron chi connectivity index (χ3n) is 17.5. The zero-order valence-corrected chi connectivity index (χ0v) is 62.9. The van der Waals surface area contributed by atoms with Gasteiger partial charge in [-0.15, -0.1) is 0 Å². The minimum Gasteiger partial charge on any atom is -0.462 e. The molecule has 0 bridgehead atoms. The van der Waals surface area contributed by atoms with Crippen molar-refractivity contribution >= 4 is 39.5 Å². The molecular weight excluding hydrogens is 1230 g/mol. The lowest BCUT2D eigenvalue weighted by Crippen LogP contribution is -2.30. The SMILES string of the molecule is CCCCCCCCCCCCCCCCCCCCCCC(=O)OC[C@H](COP(=O)(O)OC[C@@H](O)COP(=O)(O)OC[C@@H](COC(=O)CCCCCCC)OC(=O)CCCCCCCCC(C)C)OC(=O)CCCCCCCCCCCCCCCCCCCCCC. The van der Waals surface area contributed by atoms with Crippen LogP contribution in [0.5, 0.6) is 0 Å². The summed E-state index contributed by atoms with van der Waals surface area (Å²) in [6, 6.07) is 0. The van der Waals surface area contributed by atoms with Crippen molar-refractivity contribution in [3.8, 4) is 0 Å². The van der Waals surface area contributed by atoms with Crippen LogP contribution >= 0.6 is 15.6 Å². The summed E-state index contributed by atoms with van der Waals surface area (Å²) in [6.07, 6.45) is 57.8. The van der Waals surface area contributed by atoms with Crippen LogP contribution in [-0.4, -0.2) is 96.7 Å². The summed E-state index contributed by atoms with van der Waals surface area (Å²) in [5, 5.41) is 10.6. The second kappa shape index (κ2) is 68.2. The molecular formula is C75H146O17P2. The number of aliphatic hydroxyl groups excluding tert-OH is 1. The highest BCUT2D eigenvalue weighted by Gasteiger charge is 2.30. The van der Waals surface area contributed by atoms with Crippen molar-refractivity contribution in [2.75, 3.05) is 39.6 Å². The minimum atomic E-state index is -4.95. The van der Waals surface area contributed by atoms with Crippen molar-refractivity contribution in [1.82, 2.24) is 0 Å². The molecule has 0 aromatic carbocycles. The Balaban J connectivity index is 5.09. The van der Waals surface area contributed by atoms with Crippen LogP contribution in [0.1, 0.15) is 394 Å². The van der Waals surface area contributed by atoms with Gasteiger partial charge in [-0.1, -0.05) is 343 Å². The molecule has 0 amide bonds. The maximum absolute atomic E-state index is 13.1.